The molecule has 2 heterocycles. The van der Waals surface area contributed by atoms with Gasteiger partial charge < -0.3 is 24.1 Å². The predicted molar refractivity (Wildman–Crippen MR) is 107 cm³/mol. The van der Waals surface area contributed by atoms with E-state index in [-0.39, 0.29) is 18.2 Å². The van der Waals surface area contributed by atoms with Crippen molar-refractivity contribution >= 4 is 17.3 Å². The highest BCUT2D eigenvalue weighted by Crippen LogP contribution is 2.24. The molecule has 1 aromatic heterocycles. The van der Waals surface area contributed by atoms with Gasteiger partial charge >= 0.3 is 0 Å². The number of nitrogens with zero attached hydrogens (tertiary/aromatic N) is 1. The van der Waals surface area contributed by atoms with Gasteiger partial charge in [-0.15, -0.1) is 0 Å². The third kappa shape index (κ3) is 4.77. The third-order valence-corrected chi connectivity index (χ3v) is 4.64. The zero-order valence-electron chi connectivity index (χ0n) is 16.1. The van der Waals surface area contributed by atoms with Crippen LogP contribution in [-0.2, 0) is 11.3 Å². The van der Waals surface area contributed by atoms with E-state index in [1.165, 1.54) is 36.4 Å². The lowest BCUT2D eigenvalue weighted by atomic mass is 10.2. The van der Waals surface area contributed by atoms with Crippen LogP contribution in [0.1, 0.15) is 16.3 Å². The standard InChI is InChI=1S/C22H20F2N2O4/c23-15-1-4-17(5-2-15)29-14-18-6-8-21(30-18)22(27)25-16-3-7-20(19(24)13-16)26-9-11-28-12-10-26/h1-8,13H,9-12,14H2,(H,25,27). The van der Waals surface area contributed by atoms with Gasteiger partial charge in [-0.1, -0.05) is 0 Å². The van der Waals surface area contributed by atoms with Crippen LogP contribution < -0.4 is 15.0 Å². The Labute approximate surface area is 172 Å². The second-order valence-corrected chi connectivity index (χ2v) is 6.73. The molecule has 0 radical (unpaired) electrons. The average molecular weight is 414 g/mol. The molecule has 0 spiro atoms. The first-order chi connectivity index (χ1) is 14.6. The van der Waals surface area contributed by atoms with Crippen LogP contribution in [0.15, 0.2) is 59.0 Å². The van der Waals surface area contributed by atoms with Crippen LogP contribution in [0, 0.1) is 11.6 Å². The first-order valence-corrected chi connectivity index (χ1v) is 9.49. The zero-order chi connectivity index (χ0) is 20.9. The maximum absolute atomic E-state index is 14.5. The normalized spacial score (nSPS) is 13.9. The second-order valence-electron chi connectivity index (χ2n) is 6.73. The van der Waals surface area contributed by atoms with Gasteiger partial charge in [-0.05, 0) is 54.6 Å². The number of furan rings is 1. The molecule has 0 saturated carbocycles. The summed E-state index contributed by atoms with van der Waals surface area (Å²) in [6.07, 6.45) is 0. The minimum Gasteiger partial charge on any atom is -0.486 e. The number of ether oxygens (including phenoxy) is 2. The second kappa shape index (κ2) is 8.96. The fourth-order valence-corrected chi connectivity index (χ4v) is 3.10. The molecule has 1 saturated heterocycles. The summed E-state index contributed by atoms with van der Waals surface area (Å²) in [7, 11) is 0. The fraction of sp³-hybridized carbons (Fsp3) is 0.227. The Morgan fingerprint density at radius 3 is 2.53 bits per heavy atom. The van der Waals surface area contributed by atoms with Gasteiger partial charge in [0, 0.05) is 18.8 Å². The average Bonchev–Trinajstić information content (AvgIpc) is 3.23. The molecule has 156 valence electrons. The minimum atomic E-state index is -0.499. The van der Waals surface area contributed by atoms with Crippen molar-refractivity contribution in [3.8, 4) is 5.75 Å². The molecule has 0 aliphatic carbocycles. The van der Waals surface area contributed by atoms with E-state index in [1.54, 1.807) is 18.2 Å². The molecule has 1 fully saturated rings. The van der Waals surface area contributed by atoms with E-state index >= 15 is 0 Å². The van der Waals surface area contributed by atoms with Crippen molar-refractivity contribution < 1.29 is 27.5 Å². The number of benzene rings is 2. The van der Waals surface area contributed by atoms with Crippen LogP contribution in [0.25, 0.3) is 0 Å². The van der Waals surface area contributed by atoms with Gasteiger partial charge in [0.25, 0.3) is 5.91 Å². The van der Waals surface area contributed by atoms with E-state index in [4.69, 9.17) is 13.9 Å². The lowest BCUT2D eigenvalue weighted by Gasteiger charge is -2.29. The van der Waals surface area contributed by atoms with Crippen LogP contribution in [0.5, 0.6) is 5.75 Å². The Hall–Kier alpha value is -3.39. The molecule has 6 nitrogen and oxygen atoms in total. The van der Waals surface area contributed by atoms with E-state index in [0.29, 0.717) is 49.2 Å². The smallest absolute Gasteiger partial charge is 0.291 e. The van der Waals surface area contributed by atoms with E-state index in [0.717, 1.165) is 0 Å². The van der Waals surface area contributed by atoms with Crippen molar-refractivity contribution in [1.82, 2.24) is 0 Å². The highest BCUT2D eigenvalue weighted by Gasteiger charge is 2.17. The molecule has 8 heteroatoms. The van der Waals surface area contributed by atoms with Crippen molar-refractivity contribution in [2.24, 2.45) is 0 Å². The monoisotopic (exact) mass is 414 g/mol. The van der Waals surface area contributed by atoms with Crippen molar-refractivity contribution in [2.75, 3.05) is 36.5 Å². The molecule has 1 aliphatic heterocycles. The maximum Gasteiger partial charge on any atom is 0.291 e. The highest BCUT2D eigenvalue weighted by atomic mass is 19.1. The molecule has 3 aromatic rings. The summed E-state index contributed by atoms with van der Waals surface area (Å²) >= 11 is 0. The molecule has 1 N–H and O–H groups in total. The van der Waals surface area contributed by atoms with Gasteiger partial charge in [-0.25, -0.2) is 8.78 Å². The quantitative estimate of drug-likeness (QED) is 0.654. The Balaban J connectivity index is 1.35. The summed E-state index contributed by atoms with van der Waals surface area (Å²) in [5.74, 6) is -0.281. The van der Waals surface area contributed by atoms with Gasteiger partial charge in [0.15, 0.2) is 5.76 Å². The van der Waals surface area contributed by atoms with Gasteiger partial charge in [-0.3, -0.25) is 4.79 Å². The van der Waals surface area contributed by atoms with Crippen LogP contribution in [0.4, 0.5) is 20.2 Å². The van der Waals surface area contributed by atoms with Crippen LogP contribution >= 0.6 is 0 Å². The number of amides is 1. The van der Waals surface area contributed by atoms with Crippen molar-refractivity contribution in [1.29, 1.82) is 0 Å². The lowest BCUT2D eigenvalue weighted by Crippen LogP contribution is -2.36. The van der Waals surface area contributed by atoms with Crippen molar-refractivity contribution in [3.05, 3.63) is 77.8 Å². The number of hydrogen-bond acceptors (Lipinski definition) is 5. The number of carbonyl (C=O) groups is 1. The number of nitrogens with one attached hydrogen (secondary N) is 1. The summed E-state index contributed by atoms with van der Waals surface area (Å²) in [6.45, 7) is 2.45. The van der Waals surface area contributed by atoms with Gasteiger partial charge in [0.05, 0.1) is 18.9 Å². The Kier molecular flexibility index (Phi) is 5.94. The van der Waals surface area contributed by atoms with Crippen LogP contribution in [0.3, 0.4) is 0 Å². The van der Waals surface area contributed by atoms with Crippen molar-refractivity contribution in [3.63, 3.8) is 0 Å². The van der Waals surface area contributed by atoms with E-state index in [9.17, 15) is 13.6 Å². The predicted octanol–water partition coefficient (Wildman–Crippen LogP) is 4.23. The molecule has 2 aromatic carbocycles. The third-order valence-electron chi connectivity index (χ3n) is 4.64. The first-order valence-electron chi connectivity index (χ1n) is 9.49. The summed E-state index contributed by atoms with van der Waals surface area (Å²) in [4.78, 5) is 14.3. The van der Waals surface area contributed by atoms with Gasteiger partial charge in [0.1, 0.15) is 29.8 Å². The highest BCUT2D eigenvalue weighted by molar-refractivity contribution is 6.02. The van der Waals surface area contributed by atoms with Crippen molar-refractivity contribution in [2.45, 2.75) is 6.61 Å². The molecular weight excluding hydrogens is 394 g/mol. The number of hydrogen-bond donors (Lipinski definition) is 1. The van der Waals surface area contributed by atoms with Gasteiger partial charge in [0.2, 0.25) is 0 Å². The maximum atomic E-state index is 14.5. The number of halogens is 2. The lowest BCUT2D eigenvalue weighted by molar-refractivity contribution is 0.0992. The number of morpholine rings is 1. The Morgan fingerprint density at radius 1 is 1.03 bits per heavy atom. The molecule has 30 heavy (non-hydrogen) atoms. The molecule has 0 bridgehead atoms. The number of anilines is 2. The number of carbonyl (C=O) groups excluding carboxylic acids is 1. The molecule has 0 atom stereocenters. The minimum absolute atomic E-state index is 0.0744. The molecular formula is C22H20F2N2O4. The first kappa shape index (κ1) is 19.9. The molecule has 1 amide bonds. The van der Waals surface area contributed by atoms with E-state index in [2.05, 4.69) is 5.32 Å². The Morgan fingerprint density at radius 2 is 1.80 bits per heavy atom. The van der Waals surface area contributed by atoms with E-state index in [1.807, 2.05) is 4.90 Å². The molecule has 1 aliphatic rings. The SMILES string of the molecule is O=C(Nc1ccc(N2CCOCC2)c(F)c1)c1ccc(COc2ccc(F)cc2)o1. The fourth-order valence-electron chi connectivity index (χ4n) is 3.10. The topological polar surface area (TPSA) is 63.9 Å². The zero-order valence-corrected chi connectivity index (χ0v) is 16.1. The Bertz CT molecular complexity index is 1010. The summed E-state index contributed by atoms with van der Waals surface area (Å²) in [5.41, 5.74) is 0.810. The summed E-state index contributed by atoms with van der Waals surface area (Å²) < 4.78 is 43.6. The van der Waals surface area contributed by atoms with Crippen LogP contribution in [0.2, 0.25) is 0 Å². The molecule has 4 rings (SSSR count). The molecule has 0 unspecified atom stereocenters. The van der Waals surface area contributed by atoms with Gasteiger partial charge in [-0.2, -0.15) is 0 Å². The number of rotatable bonds is 6. The largest absolute Gasteiger partial charge is 0.486 e. The summed E-state index contributed by atoms with van der Waals surface area (Å²) in [6, 6.07) is 13.3. The van der Waals surface area contributed by atoms with Crippen LogP contribution in [-0.4, -0.2) is 32.2 Å². The summed E-state index contributed by atoms with van der Waals surface area (Å²) in [5, 5.41) is 2.62. The van der Waals surface area contributed by atoms with E-state index < -0.39 is 11.7 Å².